The maximum Gasteiger partial charge on any atom is 0.339 e. The number of ether oxygens (including phenoxy) is 1. The molecular weight excluding hydrogens is 306 g/mol. The molecule has 1 aromatic carbocycles. The number of hydrogen-bond donors (Lipinski definition) is 0. The number of benzene rings is 1. The third kappa shape index (κ3) is 3.14. The minimum atomic E-state index is -0.443. The van der Waals surface area contributed by atoms with E-state index in [0.29, 0.717) is 35.2 Å². The molecule has 2 heterocycles. The van der Waals surface area contributed by atoms with E-state index in [4.69, 9.17) is 20.8 Å². The molecule has 0 bridgehead atoms. The average Bonchev–Trinajstić information content (AvgIpc) is 2.40. The largest absolute Gasteiger partial charge is 0.486 e. The lowest BCUT2D eigenvalue weighted by Crippen LogP contribution is -2.56. The van der Waals surface area contributed by atoms with Crippen LogP contribution in [-0.4, -0.2) is 30.0 Å². The van der Waals surface area contributed by atoms with Crippen molar-refractivity contribution >= 4 is 17.5 Å². The minimum Gasteiger partial charge on any atom is -0.486 e. The summed E-state index contributed by atoms with van der Waals surface area (Å²) in [6.45, 7) is 2.64. The van der Waals surface area contributed by atoms with Gasteiger partial charge in [0.2, 0.25) is 0 Å². The Hall–Kier alpha value is -2.27. The third-order valence-corrected chi connectivity index (χ3v) is 3.61. The summed E-state index contributed by atoms with van der Waals surface area (Å²) in [6, 6.07) is 9.80. The highest BCUT2D eigenvalue weighted by Crippen LogP contribution is 2.20. The molecule has 0 aliphatic carbocycles. The van der Waals surface area contributed by atoms with Crippen LogP contribution in [0.3, 0.4) is 0 Å². The molecule has 5 nitrogen and oxygen atoms in total. The molecule has 0 spiro atoms. The van der Waals surface area contributed by atoms with Crippen molar-refractivity contribution in [2.45, 2.75) is 13.0 Å². The number of hydrogen-bond acceptors (Lipinski definition) is 4. The molecule has 1 aliphatic rings. The van der Waals surface area contributed by atoms with Crippen LogP contribution >= 0.6 is 11.6 Å². The smallest absolute Gasteiger partial charge is 0.339 e. The van der Waals surface area contributed by atoms with Gasteiger partial charge >= 0.3 is 5.63 Å². The van der Waals surface area contributed by atoms with Gasteiger partial charge in [-0.1, -0.05) is 17.7 Å². The first-order chi connectivity index (χ1) is 10.5. The second-order valence-corrected chi connectivity index (χ2v) is 5.62. The van der Waals surface area contributed by atoms with E-state index < -0.39 is 5.63 Å². The second-order valence-electron chi connectivity index (χ2n) is 5.18. The number of aryl methyl sites for hydroxylation is 1. The van der Waals surface area contributed by atoms with Crippen LogP contribution in [0.5, 0.6) is 5.75 Å². The monoisotopic (exact) mass is 319 g/mol. The fourth-order valence-corrected chi connectivity index (χ4v) is 2.51. The molecule has 0 saturated carbocycles. The SMILES string of the molecule is Cc1cc(OC2CN(C(=O)c3cccc(Cl)c3)C2)cc(=O)o1. The second kappa shape index (κ2) is 5.85. The summed E-state index contributed by atoms with van der Waals surface area (Å²) < 4.78 is 10.5. The van der Waals surface area contributed by atoms with E-state index in [0.717, 1.165) is 0 Å². The molecule has 1 saturated heterocycles. The van der Waals surface area contributed by atoms with Crippen molar-refractivity contribution in [3.8, 4) is 5.75 Å². The van der Waals surface area contributed by atoms with Crippen molar-refractivity contribution in [1.82, 2.24) is 4.90 Å². The fourth-order valence-electron chi connectivity index (χ4n) is 2.32. The van der Waals surface area contributed by atoms with E-state index in [1.807, 2.05) is 0 Å². The van der Waals surface area contributed by atoms with E-state index in [2.05, 4.69) is 0 Å². The van der Waals surface area contributed by atoms with Crippen molar-refractivity contribution in [3.05, 3.63) is 63.2 Å². The lowest BCUT2D eigenvalue weighted by molar-refractivity contribution is 0.0175. The van der Waals surface area contributed by atoms with Crippen LogP contribution in [0.15, 0.2) is 45.6 Å². The third-order valence-electron chi connectivity index (χ3n) is 3.38. The molecule has 0 radical (unpaired) electrons. The Balaban J connectivity index is 1.60. The number of likely N-dealkylation sites (tertiary alicyclic amines) is 1. The molecule has 1 amide bonds. The summed E-state index contributed by atoms with van der Waals surface area (Å²) in [5.74, 6) is 0.883. The molecule has 0 N–H and O–H groups in total. The predicted octanol–water partition coefficient (Wildman–Crippen LogP) is 2.51. The minimum absolute atomic E-state index is 0.0777. The molecule has 1 aromatic heterocycles. The average molecular weight is 320 g/mol. The highest BCUT2D eigenvalue weighted by Gasteiger charge is 2.33. The highest BCUT2D eigenvalue weighted by molar-refractivity contribution is 6.30. The molecule has 3 rings (SSSR count). The number of amides is 1. The van der Waals surface area contributed by atoms with Gasteiger partial charge in [0.25, 0.3) is 5.91 Å². The van der Waals surface area contributed by atoms with Gasteiger partial charge in [0.05, 0.1) is 19.2 Å². The molecular formula is C16H14ClNO4. The van der Waals surface area contributed by atoms with Crippen LogP contribution in [0.4, 0.5) is 0 Å². The standard InChI is InChI=1S/C16H14ClNO4/c1-10-5-13(7-15(19)21-10)22-14-8-18(9-14)16(20)11-3-2-4-12(17)6-11/h2-7,14H,8-9H2,1H3. The summed E-state index contributed by atoms with van der Waals surface area (Å²) in [4.78, 5) is 25.2. The Morgan fingerprint density at radius 1 is 1.32 bits per heavy atom. The highest BCUT2D eigenvalue weighted by atomic mass is 35.5. The fraction of sp³-hybridized carbons (Fsp3) is 0.250. The molecule has 6 heteroatoms. The predicted molar refractivity (Wildman–Crippen MR) is 81.5 cm³/mol. The molecule has 0 unspecified atom stereocenters. The lowest BCUT2D eigenvalue weighted by Gasteiger charge is -2.39. The Bertz CT molecular complexity index is 765. The Morgan fingerprint density at radius 3 is 2.77 bits per heavy atom. The van der Waals surface area contributed by atoms with Gasteiger partial charge in [-0.25, -0.2) is 4.79 Å². The van der Waals surface area contributed by atoms with Gasteiger partial charge in [0.1, 0.15) is 17.6 Å². The molecule has 22 heavy (non-hydrogen) atoms. The van der Waals surface area contributed by atoms with Crippen LogP contribution in [0.25, 0.3) is 0 Å². The number of halogens is 1. The summed E-state index contributed by atoms with van der Waals surface area (Å²) in [6.07, 6.45) is -0.121. The topological polar surface area (TPSA) is 59.8 Å². The van der Waals surface area contributed by atoms with Crippen LogP contribution in [0.1, 0.15) is 16.1 Å². The molecule has 114 valence electrons. The maximum atomic E-state index is 12.2. The number of rotatable bonds is 3. The zero-order valence-corrected chi connectivity index (χ0v) is 12.7. The van der Waals surface area contributed by atoms with E-state index in [1.165, 1.54) is 6.07 Å². The molecule has 1 aliphatic heterocycles. The zero-order valence-electron chi connectivity index (χ0n) is 11.9. The van der Waals surface area contributed by atoms with Gasteiger partial charge in [-0.2, -0.15) is 0 Å². The Morgan fingerprint density at radius 2 is 2.09 bits per heavy atom. The lowest BCUT2D eigenvalue weighted by atomic mass is 10.1. The van der Waals surface area contributed by atoms with Crippen LogP contribution < -0.4 is 10.4 Å². The first-order valence-electron chi connectivity index (χ1n) is 6.84. The van der Waals surface area contributed by atoms with E-state index in [1.54, 1.807) is 42.2 Å². The van der Waals surface area contributed by atoms with Crippen molar-refractivity contribution in [3.63, 3.8) is 0 Å². The summed E-state index contributed by atoms with van der Waals surface area (Å²) in [7, 11) is 0. The van der Waals surface area contributed by atoms with E-state index >= 15 is 0 Å². The van der Waals surface area contributed by atoms with Crippen molar-refractivity contribution in [2.24, 2.45) is 0 Å². The maximum absolute atomic E-state index is 12.2. The number of carbonyl (C=O) groups is 1. The van der Waals surface area contributed by atoms with Crippen molar-refractivity contribution in [2.75, 3.05) is 13.1 Å². The first-order valence-corrected chi connectivity index (χ1v) is 7.22. The van der Waals surface area contributed by atoms with Gasteiger partial charge in [-0.3, -0.25) is 4.79 Å². The van der Waals surface area contributed by atoms with E-state index in [-0.39, 0.29) is 12.0 Å². The zero-order chi connectivity index (χ0) is 15.7. The Labute approximate surface area is 132 Å². The first kappa shape index (κ1) is 14.7. The molecule has 2 aromatic rings. The van der Waals surface area contributed by atoms with Gasteiger partial charge in [-0.05, 0) is 25.1 Å². The van der Waals surface area contributed by atoms with Gasteiger partial charge in [0, 0.05) is 16.7 Å². The van der Waals surface area contributed by atoms with Crippen molar-refractivity contribution < 1.29 is 13.9 Å². The van der Waals surface area contributed by atoms with Gasteiger partial charge in [0.15, 0.2) is 0 Å². The quantitative estimate of drug-likeness (QED) is 0.872. The number of carbonyl (C=O) groups excluding carboxylic acids is 1. The van der Waals surface area contributed by atoms with Crippen LogP contribution in [0, 0.1) is 6.92 Å². The van der Waals surface area contributed by atoms with Crippen LogP contribution in [0.2, 0.25) is 5.02 Å². The van der Waals surface area contributed by atoms with E-state index in [9.17, 15) is 9.59 Å². The summed E-state index contributed by atoms with van der Waals surface area (Å²) in [5.41, 5.74) is 0.114. The van der Waals surface area contributed by atoms with Gasteiger partial charge in [-0.15, -0.1) is 0 Å². The van der Waals surface area contributed by atoms with Crippen molar-refractivity contribution in [1.29, 1.82) is 0 Å². The summed E-state index contributed by atoms with van der Waals surface area (Å²) in [5, 5.41) is 0.533. The van der Waals surface area contributed by atoms with Gasteiger partial charge < -0.3 is 14.1 Å². The Kier molecular flexibility index (Phi) is 3.90. The normalized spacial score (nSPS) is 14.5. The number of nitrogens with zero attached hydrogens (tertiary/aromatic N) is 1. The summed E-state index contributed by atoms with van der Waals surface area (Å²) >= 11 is 5.89. The molecule has 1 fully saturated rings. The van der Waals surface area contributed by atoms with Crippen LogP contribution in [-0.2, 0) is 0 Å². The molecule has 0 atom stereocenters.